The second kappa shape index (κ2) is 4.18. The standard InChI is InChI=1S/C9H10F2O2/c1-13-9-6(4-5-12)7(10)2-3-8(9)11/h2-3,12H,4-5H2,1H3. The zero-order valence-electron chi connectivity index (χ0n) is 7.18. The van der Waals surface area contributed by atoms with E-state index in [0.717, 1.165) is 12.1 Å². The van der Waals surface area contributed by atoms with Gasteiger partial charge in [0, 0.05) is 18.6 Å². The minimum absolute atomic E-state index is 0.0484. The van der Waals surface area contributed by atoms with Gasteiger partial charge in [-0.15, -0.1) is 0 Å². The maximum Gasteiger partial charge on any atom is 0.165 e. The molecule has 0 saturated carbocycles. The van der Waals surface area contributed by atoms with Crippen molar-refractivity contribution in [2.24, 2.45) is 0 Å². The Hall–Kier alpha value is -1.16. The summed E-state index contributed by atoms with van der Waals surface area (Å²) >= 11 is 0. The lowest BCUT2D eigenvalue weighted by atomic mass is 10.1. The zero-order valence-corrected chi connectivity index (χ0v) is 7.18. The topological polar surface area (TPSA) is 29.5 Å². The molecule has 0 aliphatic carbocycles. The molecule has 1 aromatic rings. The molecule has 0 fully saturated rings. The summed E-state index contributed by atoms with van der Waals surface area (Å²) in [6.07, 6.45) is 0.0484. The maximum atomic E-state index is 13.0. The van der Waals surface area contributed by atoms with E-state index in [1.807, 2.05) is 0 Å². The molecular weight excluding hydrogens is 178 g/mol. The molecule has 0 saturated heterocycles. The van der Waals surface area contributed by atoms with E-state index in [1.54, 1.807) is 0 Å². The van der Waals surface area contributed by atoms with Crippen molar-refractivity contribution in [2.75, 3.05) is 13.7 Å². The van der Waals surface area contributed by atoms with Crippen LogP contribution in [0.5, 0.6) is 5.75 Å². The van der Waals surface area contributed by atoms with E-state index >= 15 is 0 Å². The minimum Gasteiger partial charge on any atom is -0.493 e. The van der Waals surface area contributed by atoms with Crippen molar-refractivity contribution in [2.45, 2.75) is 6.42 Å². The summed E-state index contributed by atoms with van der Waals surface area (Å²) in [5.41, 5.74) is 0.0741. The molecule has 2 nitrogen and oxygen atoms in total. The fourth-order valence-corrected chi connectivity index (χ4v) is 1.14. The number of ether oxygens (including phenoxy) is 1. The van der Waals surface area contributed by atoms with Crippen LogP contribution in [-0.2, 0) is 6.42 Å². The Bertz CT molecular complexity index is 300. The van der Waals surface area contributed by atoms with Gasteiger partial charge < -0.3 is 9.84 Å². The highest BCUT2D eigenvalue weighted by Crippen LogP contribution is 2.25. The Morgan fingerprint density at radius 2 is 1.92 bits per heavy atom. The first-order valence-electron chi connectivity index (χ1n) is 3.82. The van der Waals surface area contributed by atoms with Crippen molar-refractivity contribution in [3.63, 3.8) is 0 Å². The lowest BCUT2D eigenvalue weighted by molar-refractivity contribution is 0.292. The molecule has 1 rings (SSSR count). The van der Waals surface area contributed by atoms with E-state index in [2.05, 4.69) is 4.74 Å². The SMILES string of the molecule is COc1c(F)ccc(F)c1CCO. The van der Waals surface area contributed by atoms with Crippen molar-refractivity contribution in [1.29, 1.82) is 0 Å². The summed E-state index contributed by atoms with van der Waals surface area (Å²) in [6.45, 7) is -0.239. The molecule has 0 amide bonds. The van der Waals surface area contributed by atoms with Crippen LogP contribution in [0.1, 0.15) is 5.56 Å². The molecule has 0 radical (unpaired) electrons. The van der Waals surface area contributed by atoms with E-state index in [1.165, 1.54) is 7.11 Å². The van der Waals surface area contributed by atoms with Gasteiger partial charge in [0.2, 0.25) is 0 Å². The highest BCUT2D eigenvalue weighted by molar-refractivity contribution is 5.36. The third-order valence-corrected chi connectivity index (χ3v) is 1.72. The second-order valence-electron chi connectivity index (χ2n) is 2.51. The summed E-state index contributed by atoms with van der Waals surface area (Å²) in [4.78, 5) is 0. The Kier molecular flexibility index (Phi) is 3.19. The molecule has 13 heavy (non-hydrogen) atoms. The summed E-state index contributed by atoms with van der Waals surface area (Å²) < 4.78 is 30.7. The molecule has 0 bridgehead atoms. The molecule has 0 heterocycles. The molecule has 0 atom stereocenters. The Balaban J connectivity index is 3.18. The van der Waals surface area contributed by atoms with Gasteiger partial charge in [-0.25, -0.2) is 8.78 Å². The molecule has 0 spiro atoms. The van der Waals surface area contributed by atoms with Gasteiger partial charge in [-0.3, -0.25) is 0 Å². The maximum absolute atomic E-state index is 13.0. The Morgan fingerprint density at radius 1 is 1.31 bits per heavy atom. The van der Waals surface area contributed by atoms with Crippen molar-refractivity contribution in [1.82, 2.24) is 0 Å². The normalized spacial score (nSPS) is 10.2. The average Bonchev–Trinajstić information content (AvgIpc) is 2.12. The largest absolute Gasteiger partial charge is 0.493 e. The number of aliphatic hydroxyl groups excluding tert-OH is 1. The lowest BCUT2D eigenvalue weighted by Crippen LogP contribution is -2.01. The fourth-order valence-electron chi connectivity index (χ4n) is 1.14. The van der Waals surface area contributed by atoms with Crippen LogP contribution in [0, 0.1) is 11.6 Å². The van der Waals surface area contributed by atoms with Gasteiger partial charge in [0.1, 0.15) is 5.82 Å². The van der Waals surface area contributed by atoms with Gasteiger partial charge in [0.15, 0.2) is 11.6 Å². The zero-order chi connectivity index (χ0) is 9.84. The third kappa shape index (κ3) is 1.95. The van der Waals surface area contributed by atoms with Crippen molar-refractivity contribution < 1.29 is 18.6 Å². The van der Waals surface area contributed by atoms with E-state index in [9.17, 15) is 8.78 Å². The van der Waals surface area contributed by atoms with Crippen LogP contribution in [0.2, 0.25) is 0 Å². The highest BCUT2D eigenvalue weighted by Gasteiger charge is 2.13. The molecule has 72 valence electrons. The average molecular weight is 188 g/mol. The van der Waals surface area contributed by atoms with Gasteiger partial charge >= 0.3 is 0 Å². The van der Waals surface area contributed by atoms with E-state index in [4.69, 9.17) is 5.11 Å². The van der Waals surface area contributed by atoms with Crippen molar-refractivity contribution in [3.8, 4) is 5.75 Å². The number of benzene rings is 1. The molecular formula is C9H10F2O2. The first-order valence-corrected chi connectivity index (χ1v) is 3.82. The second-order valence-corrected chi connectivity index (χ2v) is 2.51. The summed E-state index contributed by atoms with van der Waals surface area (Å²) in [6, 6.07) is 2.01. The monoisotopic (exact) mass is 188 g/mol. The Labute approximate surface area is 74.8 Å². The first kappa shape index (κ1) is 9.92. The first-order chi connectivity index (χ1) is 6.20. The van der Waals surface area contributed by atoms with E-state index in [0.29, 0.717) is 0 Å². The third-order valence-electron chi connectivity index (χ3n) is 1.72. The number of rotatable bonds is 3. The van der Waals surface area contributed by atoms with Crippen LogP contribution in [0.15, 0.2) is 12.1 Å². The van der Waals surface area contributed by atoms with Crippen LogP contribution in [0.3, 0.4) is 0 Å². The predicted octanol–water partition coefficient (Wildman–Crippen LogP) is 1.51. The number of hydrogen-bond acceptors (Lipinski definition) is 2. The van der Waals surface area contributed by atoms with Crippen LogP contribution in [0.25, 0.3) is 0 Å². The van der Waals surface area contributed by atoms with Gasteiger partial charge in [-0.2, -0.15) is 0 Å². The van der Waals surface area contributed by atoms with Crippen molar-refractivity contribution in [3.05, 3.63) is 29.3 Å². The number of aliphatic hydroxyl groups is 1. The fraction of sp³-hybridized carbons (Fsp3) is 0.333. The smallest absolute Gasteiger partial charge is 0.165 e. The molecule has 0 aliphatic heterocycles. The van der Waals surface area contributed by atoms with Crippen LogP contribution >= 0.6 is 0 Å². The van der Waals surface area contributed by atoms with E-state index < -0.39 is 11.6 Å². The predicted molar refractivity (Wildman–Crippen MR) is 43.7 cm³/mol. The Morgan fingerprint density at radius 3 is 2.46 bits per heavy atom. The molecule has 0 unspecified atom stereocenters. The van der Waals surface area contributed by atoms with Gasteiger partial charge in [-0.1, -0.05) is 0 Å². The van der Waals surface area contributed by atoms with Gasteiger partial charge in [0.05, 0.1) is 7.11 Å². The molecule has 0 aromatic heterocycles. The number of methoxy groups -OCH3 is 1. The molecule has 1 N–H and O–H groups in total. The van der Waals surface area contributed by atoms with Crippen LogP contribution in [-0.4, -0.2) is 18.8 Å². The van der Waals surface area contributed by atoms with Gasteiger partial charge in [-0.05, 0) is 12.1 Å². The number of hydrogen-bond donors (Lipinski definition) is 1. The minimum atomic E-state index is -0.618. The summed E-state index contributed by atoms with van der Waals surface area (Å²) in [7, 11) is 1.26. The quantitative estimate of drug-likeness (QED) is 0.779. The summed E-state index contributed by atoms with van der Waals surface area (Å²) in [5, 5.41) is 8.61. The molecule has 0 aliphatic rings. The van der Waals surface area contributed by atoms with Crippen LogP contribution < -0.4 is 4.74 Å². The molecule has 1 aromatic carbocycles. The number of halogens is 2. The van der Waals surface area contributed by atoms with Crippen molar-refractivity contribution >= 4 is 0 Å². The lowest BCUT2D eigenvalue weighted by Gasteiger charge is -2.08. The summed E-state index contributed by atoms with van der Waals surface area (Å²) in [5.74, 6) is -1.31. The molecule has 4 heteroatoms. The highest BCUT2D eigenvalue weighted by atomic mass is 19.1. The van der Waals surface area contributed by atoms with Gasteiger partial charge in [0.25, 0.3) is 0 Å². The van der Waals surface area contributed by atoms with Crippen LogP contribution in [0.4, 0.5) is 8.78 Å². The van der Waals surface area contributed by atoms with E-state index in [-0.39, 0.29) is 24.3 Å².